The van der Waals surface area contributed by atoms with Crippen LogP contribution in [0.4, 0.5) is 10.1 Å². The topological polar surface area (TPSA) is 75.6 Å². The van der Waals surface area contributed by atoms with Gasteiger partial charge in [-0.3, -0.25) is 4.79 Å². The molecule has 7 heteroatoms. The minimum absolute atomic E-state index is 0.212. The minimum Gasteiger partial charge on any atom is -0.507 e. The summed E-state index contributed by atoms with van der Waals surface area (Å²) in [4.78, 5) is 24.0. The lowest BCUT2D eigenvalue weighted by Crippen LogP contribution is -2.15. The molecule has 0 bridgehead atoms. The van der Waals surface area contributed by atoms with Gasteiger partial charge in [-0.1, -0.05) is 0 Å². The second kappa shape index (κ2) is 5.92. The summed E-state index contributed by atoms with van der Waals surface area (Å²) in [5.74, 6) is -2.28. The van der Waals surface area contributed by atoms with E-state index in [0.29, 0.717) is 11.3 Å². The Morgan fingerprint density at radius 1 is 1.38 bits per heavy atom. The lowest BCUT2D eigenvalue weighted by atomic mass is 10.1. The van der Waals surface area contributed by atoms with Gasteiger partial charge in [-0.25, -0.2) is 9.18 Å². The van der Waals surface area contributed by atoms with Crippen molar-refractivity contribution in [3.05, 3.63) is 45.4 Å². The third-order valence-corrected chi connectivity index (χ3v) is 3.87. The molecule has 0 fully saturated rings. The Labute approximate surface area is 124 Å². The van der Waals surface area contributed by atoms with Crippen molar-refractivity contribution >= 4 is 28.9 Å². The van der Waals surface area contributed by atoms with Crippen LogP contribution in [0, 0.1) is 12.7 Å². The second-order valence-electron chi connectivity index (χ2n) is 4.23. The van der Waals surface area contributed by atoms with Gasteiger partial charge in [0.05, 0.1) is 18.4 Å². The van der Waals surface area contributed by atoms with Crippen molar-refractivity contribution in [2.24, 2.45) is 0 Å². The van der Waals surface area contributed by atoms with Gasteiger partial charge in [-0.05, 0) is 36.1 Å². The number of phenols is 1. The molecule has 2 aromatic rings. The maximum absolute atomic E-state index is 13.2. The lowest BCUT2D eigenvalue weighted by molar-refractivity contribution is 0.0607. The fraction of sp³-hybridized carbons (Fsp3) is 0.143. The number of aromatic hydroxyl groups is 1. The maximum atomic E-state index is 13.2. The molecule has 0 spiro atoms. The van der Waals surface area contributed by atoms with Crippen LogP contribution in [0.3, 0.4) is 0 Å². The highest BCUT2D eigenvalue weighted by molar-refractivity contribution is 7.12. The average Bonchev–Trinajstić information content (AvgIpc) is 2.82. The number of methoxy groups -OCH3 is 1. The lowest BCUT2D eigenvalue weighted by Gasteiger charge is -2.08. The number of ether oxygens (including phenoxy) is 1. The van der Waals surface area contributed by atoms with Gasteiger partial charge in [0.1, 0.15) is 16.4 Å². The van der Waals surface area contributed by atoms with E-state index in [4.69, 9.17) is 0 Å². The van der Waals surface area contributed by atoms with Crippen LogP contribution < -0.4 is 5.32 Å². The number of carbonyl (C=O) groups excluding carboxylic acids is 2. The van der Waals surface area contributed by atoms with Gasteiger partial charge in [0.25, 0.3) is 5.91 Å². The smallest absolute Gasteiger partial charge is 0.350 e. The summed E-state index contributed by atoms with van der Waals surface area (Å²) in [5.41, 5.74) is 0.751. The van der Waals surface area contributed by atoms with Gasteiger partial charge < -0.3 is 15.2 Å². The zero-order chi connectivity index (χ0) is 15.6. The van der Waals surface area contributed by atoms with Crippen molar-refractivity contribution in [1.82, 2.24) is 0 Å². The Kier molecular flexibility index (Phi) is 4.23. The van der Waals surface area contributed by atoms with Crippen LogP contribution in [0.5, 0.6) is 5.75 Å². The zero-order valence-corrected chi connectivity index (χ0v) is 12.1. The Morgan fingerprint density at radius 3 is 2.76 bits per heavy atom. The van der Waals surface area contributed by atoms with Crippen molar-refractivity contribution in [2.45, 2.75) is 6.92 Å². The number of nitrogens with one attached hydrogen (secondary N) is 1. The molecule has 1 heterocycles. The van der Waals surface area contributed by atoms with E-state index in [0.717, 1.165) is 29.5 Å². The Balaban J connectivity index is 2.34. The predicted molar refractivity (Wildman–Crippen MR) is 76.4 cm³/mol. The van der Waals surface area contributed by atoms with Crippen molar-refractivity contribution < 1.29 is 23.8 Å². The Bertz CT molecular complexity index is 711. The summed E-state index contributed by atoms with van der Waals surface area (Å²) in [6.45, 7) is 1.71. The first-order valence-corrected chi connectivity index (χ1v) is 6.78. The summed E-state index contributed by atoms with van der Waals surface area (Å²) in [6.07, 6.45) is 0. The molecule has 1 amide bonds. The molecule has 0 unspecified atom stereocenters. The molecule has 5 nitrogen and oxygen atoms in total. The highest BCUT2D eigenvalue weighted by Gasteiger charge is 2.20. The molecule has 0 aliphatic rings. The Morgan fingerprint density at radius 2 is 2.10 bits per heavy atom. The van der Waals surface area contributed by atoms with Crippen molar-refractivity contribution in [2.75, 3.05) is 12.4 Å². The molecule has 0 radical (unpaired) electrons. The molecule has 2 N–H and O–H groups in total. The fourth-order valence-electron chi connectivity index (χ4n) is 1.71. The van der Waals surface area contributed by atoms with E-state index in [1.54, 1.807) is 12.3 Å². The van der Waals surface area contributed by atoms with E-state index >= 15 is 0 Å². The third-order valence-electron chi connectivity index (χ3n) is 2.79. The number of benzene rings is 1. The summed E-state index contributed by atoms with van der Waals surface area (Å²) >= 11 is 1.13. The van der Waals surface area contributed by atoms with Crippen LogP contribution in [-0.2, 0) is 4.74 Å². The molecule has 1 aromatic heterocycles. The minimum atomic E-state index is -0.710. The van der Waals surface area contributed by atoms with Crippen LogP contribution in [0.25, 0.3) is 0 Å². The summed E-state index contributed by atoms with van der Waals surface area (Å²) < 4.78 is 17.8. The number of hydrogen-bond acceptors (Lipinski definition) is 5. The van der Waals surface area contributed by atoms with E-state index in [1.165, 1.54) is 7.11 Å². The van der Waals surface area contributed by atoms with E-state index in [1.807, 2.05) is 0 Å². The van der Waals surface area contributed by atoms with Crippen LogP contribution in [0.1, 0.15) is 25.6 Å². The third kappa shape index (κ3) is 3.03. The number of esters is 1. The molecule has 0 aliphatic heterocycles. The first-order chi connectivity index (χ1) is 9.93. The number of phenolic OH excluding ortho intramolecular Hbond substituents is 1. The van der Waals surface area contributed by atoms with Crippen molar-refractivity contribution in [3.63, 3.8) is 0 Å². The average molecular weight is 309 g/mol. The molecule has 2 rings (SSSR count). The molecule has 21 heavy (non-hydrogen) atoms. The number of aryl methyl sites for hydroxylation is 1. The molecule has 0 aliphatic carbocycles. The first-order valence-electron chi connectivity index (χ1n) is 5.90. The molecular weight excluding hydrogens is 297 g/mol. The van der Waals surface area contributed by atoms with Crippen LogP contribution in [-0.4, -0.2) is 24.1 Å². The molecular formula is C14H12FNO4S. The largest absolute Gasteiger partial charge is 0.507 e. The van der Waals surface area contributed by atoms with Crippen molar-refractivity contribution in [3.8, 4) is 5.75 Å². The van der Waals surface area contributed by atoms with Crippen LogP contribution >= 0.6 is 11.3 Å². The van der Waals surface area contributed by atoms with E-state index < -0.39 is 17.7 Å². The monoisotopic (exact) mass is 309 g/mol. The normalized spacial score (nSPS) is 10.2. The van der Waals surface area contributed by atoms with Crippen molar-refractivity contribution in [1.29, 1.82) is 0 Å². The van der Waals surface area contributed by atoms with Gasteiger partial charge in [-0.15, -0.1) is 11.3 Å². The molecule has 0 saturated heterocycles. The number of anilines is 1. The maximum Gasteiger partial charge on any atom is 0.350 e. The van der Waals surface area contributed by atoms with Gasteiger partial charge in [0, 0.05) is 0 Å². The van der Waals surface area contributed by atoms with Crippen LogP contribution in [0.2, 0.25) is 0 Å². The van der Waals surface area contributed by atoms with Gasteiger partial charge in [-0.2, -0.15) is 0 Å². The van der Waals surface area contributed by atoms with Crippen LogP contribution in [0.15, 0.2) is 23.6 Å². The Hall–Kier alpha value is -2.41. The number of rotatable bonds is 3. The highest BCUT2D eigenvalue weighted by atomic mass is 32.1. The van der Waals surface area contributed by atoms with E-state index in [2.05, 4.69) is 10.1 Å². The fourth-order valence-corrected chi connectivity index (χ4v) is 2.64. The highest BCUT2D eigenvalue weighted by Crippen LogP contribution is 2.29. The standard InChI is InChI=1S/C14H12FNO4S/c1-7-6-21-12(14(19)20-2)11(7)16-13(18)9-5-8(15)3-4-10(9)17/h3-6,17H,1-2H3,(H,16,18). The van der Waals surface area contributed by atoms with Gasteiger partial charge >= 0.3 is 5.97 Å². The molecule has 110 valence electrons. The van der Waals surface area contributed by atoms with Gasteiger partial charge in [0.15, 0.2) is 0 Å². The summed E-state index contributed by atoms with van der Waals surface area (Å²) in [6, 6.07) is 3.05. The number of hydrogen-bond donors (Lipinski definition) is 2. The number of amides is 1. The van der Waals surface area contributed by atoms with E-state index in [9.17, 15) is 19.1 Å². The SMILES string of the molecule is COC(=O)c1scc(C)c1NC(=O)c1cc(F)ccc1O. The first kappa shape index (κ1) is 15.0. The molecule has 0 saturated carbocycles. The number of halogens is 1. The summed E-state index contributed by atoms with van der Waals surface area (Å²) in [5, 5.41) is 13.8. The second-order valence-corrected chi connectivity index (χ2v) is 5.11. The van der Waals surface area contributed by atoms with E-state index in [-0.39, 0.29) is 16.2 Å². The number of thiophene rings is 1. The summed E-state index contributed by atoms with van der Waals surface area (Å²) in [7, 11) is 1.24. The number of carbonyl (C=O) groups is 2. The predicted octanol–water partition coefficient (Wildman–Crippen LogP) is 2.94. The quantitative estimate of drug-likeness (QED) is 0.855. The molecule has 0 atom stereocenters. The van der Waals surface area contributed by atoms with Gasteiger partial charge in [0.2, 0.25) is 0 Å². The molecule has 1 aromatic carbocycles. The zero-order valence-electron chi connectivity index (χ0n) is 11.3.